The van der Waals surface area contributed by atoms with E-state index in [9.17, 15) is 0 Å². The van der Waals surface area contributed by atoms with Crippen LogP contribution in [0.2, 0.25) is 0 Å². The maximum absolute atomic E-state index is 3.42. The third-order valence-corrected chi connectivity index (χ3v) is 5.08. The van der Waals surface area contributed by atoms with Gasteiger partial charge in [0.25, 0.3) is 0 Å². The summed E-state index contributed by atoms with van der Waals surface area (Å²) in [6, 6.07) is 10.0. The average molecular weight is 272 g/mol. The first-order valence-corrected chi connectivity index (χ1v) is 8.39. The molecule has 0 radical (unpaired) electrons. The Balaban J connectivity index is 1.62. The number of fused-ring (bicyclic) bond motifs is 1. The molecule has 1 N–H and O–H groups in total. The predicted octanol–water partition coefficient (Wildman–Crippen LogP) is 3.56. The molecular formula is C18H28N2. The topological polar surface area (TPSA) is 15.3 Å². The van der Waals surface area contributed by atoms with Crippen molar-refractivity contribution < 1.29 is 0 Å². The van der Waals surface area contributed by atoms with Gasteiger partial charge in [-0.3, -0.25) is 4.90 Å². The van der Waals surface area contributed by atoms with Crippen LogP contribution < -0.4 is 5.32 Å². The molecule has 2 heteroatoms. The standard InChI is InChI=1S/C18H28N2/c1-2-19-13-15-6-5-7-16(12-15)14-20-11-10-17-8-3-4-9-18(17)20/h5-7,12,17-19H,2-4,8-11,13-14H2,1H3. The summed E-state index contributed by atoms with van der Waals surface area (Å²) < 4.78 is 0. The minimum Gasteiger partial charge on any atom is -0.313 e. The van der Waals surface area contributed by atoms with Gasteiger partial charge in [0, 0.05) is 19.1 Å². The number of nitrogens with one attached hydrogen (secondary N) is 1. The van der Waals surface area contributed by atoms with Crippen LogP contribution in [0.25, 0.3) is 0 Å². The van der Waals surface area contributed by atoms with Gasteiger partial charge in [0.2, 0.25) is 0 Å². The molecule has 1 saturated heterocycles. The molecule has 1 aliphatic heterocycles. The quantitative estimate of drug-likeness (QED) is 0.881. The van der Waals surface area contributed by atoms with Crippen LogP contribution in [0.5, 0.6) is 0 Å². The van der Waals surface area contributed by atoms with Gasteiger partial charge in [-0.1, -0.05) is 44.0 Å². The van der Waals surface area contributed by atoms with E-state index in [0.29, 0.717) is 0 Å². The van der Waals surface area contributed by atoms with Crippen molar-refractivity contribution in [2.75, 3.05) is 13.1 Å². The number of rotatable bonds is 5. The highest BCUT2D eigenvalue weighted by Crippen LogP contribution is 2.36. The van der Waals surface area contributed by atoms with Gasteiger partial charge in [-0.05, 0) is 49.4 Å². The van der Waals surface area contributed by atoms with Crippen molar-refractivity contribution in [2.24, 2.45) is 5.92 Å². The van der Waals surface area contributed by atoms with E-state index in [1.807, 2.05) is 0 Å². The van der Waals surface area contributed by atoms with Crippen LogP contribution in [0, 0.1) is 5.92 Å². The summed E-state index contributed by atoms with van der Waals surface area (Å²) in [7, 11) is 0. The summed E-state index contributed by atoms with van der Waals surface area (Å²) in [4.78, 5) is 2.75. The molecule has 3 rings (SSSR count). The fourth-order valence-electron chi connectivity index (χ4n) is 4.04. The summed E-state index contributed by atoms with van der Waals surface area (Å²) in [5.74, 6) is 0.994. The van der Waals surface area contributed by atoms with Crippen molar-refractivity contribution in [1.82, 2.24) is 10.2 Å². The van der Waals surface area contributed by atoms with Crippen LogP contribution in [0.15, 0.2) is 24.3 Å². The highest BCUT2D eigenvalue weighted by Gasteiger charge is 2.35. The number of hydrogen-bond acceptors (Lipinski definition) is 2. The van der Waals surface area contributed by atoms with Gasteiger partial charge in [-0.25, -0.2) is 0 Å². The Morgan fingerprint density at radius 3 is 2.90 bits per heavy atom. The van der Waals surface area contributed by atoms with Gasteiger partial charge < -0.3 is 5.32 Å². The summed E-state index contributed by atoms with van der Waals surface area (Å²) in [6.45, 7) is 6.67. The number of hydrogen-bond donors (Lipinski definition) is 1. The van der Waals surface area contributed by atoms with Crippen LogP contribution >= 0.6 is 0 Å². The largest absolute Gasteiger partial charge is 0.313 e. The van der Waals surface area contributed by atoms with Crippen molar-refractivity contribution in [3.63, 3.8) is 0 Å². The van der Waals surface area contributed by atoms with E-state index in [0.717, 1.165) is 31.6 Å². The molecule has 2 atom stereocenters. The SMILES string of the molecule is CCNCc1cccc(CN2CCC3CCCCC32)c1. The van der Waals surface area contributed by atoms with E-state index in [1.54, 1.807) is 0 Å². The van der Waals surface area contributed by atoms with Crippen LogP contribution in [0.3, 0.4) is 0 Å². The lowest BCUT2D eigenvalue weighted by Gasteiger charge is -2.31. The molecular weight excluding hydrogens is 244 g/mol. The van der Waals surface area contributed by atoms with E-state index in [1.165, 1.54) is 49.8 Å². The highest BCUT2D eigenvalue weighted by molar-refractivity contribution is 5.23. The Kier molecular flexibility index (Phi) is 4.74. The van der Waals surface area contributed by atoms with E-state index in [-0.39, 0.29) is 0 Å². The molecule has 1 aliphatic carbocycles. The van der Waals surface area contributed by atoms with Crippen molar-refractivity contribution in [3.05, 3.63) is 35.4 Å². The first-order chi connectivity index (χ1) is 9.86. The summed E-state index contributed by atoms with van der Waals surface area (Å²) in [5.41, 5.74) is 2.91. The second kappa shape index (κ2) is 6.73. The molecule has 2 unspecified atom stereocenters. The molecule has 1 aromatic carbocycles. The van der Waals surface area contributed by atoms with Gasteiger partial charge in [-0.2, -0.15) is 0 Å². The minimum absolute atomic E-state index is 0.876. The Bertz CT molecular complexity index is 429. The van der Waals surface area contributed by atoms with Crippen LogP contribution in [-0.2, 0) is 13.1 Å². The van der Waals surface area contributed by atoms with E-state index < -0.39 is 0 Å². The second-order valence-corrected chi connectivity index (χ2v) is 6.47. The highest BCUT2D eigenvalue weighted by atomic mass is 15.2. The van der Waals surface area contributed by atoms with Crippen molar-refractivity contribution in [2.45, 2.75) is 58.2 Å². The van der Waals surface area contributed by atoms with Gasteiger partial charge in [-0.15, -0.1) is 0 Å². The fraction of sp³-hybridized carbons (Fsp3) is 0.667. The van der Waals surface area contributed by atoms with Gasteiger partial charge in [0.05, 0.1) is 0 Å². The lowest BCUT2D eigenvalue weighted by atomic mass is 9.85. The summed E-state index contributed by atoms with van der Waals surface area (Å²) in [6.07, 6.45) is 7.25. The fourth-order valence-corrected chi connectivity index (χ4v) is 4.04. The maximum Gasteiger partial charge on any atom is 0.0236 e. The van der Waals surface area contributed by atoms with Crippen molar-refractivity contribution in [3.8, 4) is 0 Å². The first kappa shape index (κ1) is 14.1. The molecule has 1 heterocycles. The molecule has 2 aliphatic rings. The average Bonchev–Trinajstić information content (AvgIpc) is 2.89. The Morgan fingerprint density at radius 2 is 2.00 bits per heavy atom. The molecule has 0 bridgehead atoms. The van der Waals surface area contributed by atoms with Crippen LogP contribution in [0.1, 0.15) is 50.2 Å². The summed E-state index contributed by atoms with van der Waals surface area (Å²) >= 11 is 0. The third-order valence-electron chi connectivity index (χ3n) is 5.08. The Hall–Kier alpha value is -0.860. The first-order valence-electron chi connectivity index (χ1n) is 8.39. The predicted molar refractivity (Wildman–Crippen MR) is 84.6 cm³/mol. The molecule has 110 valence electrons. The minimum atomic E-state index is 0.876. The molecule has 1 saturated carbocycles. The zero-order chi connectivity index (χ0) is 13.8. The molecule has 2 nitrogen and oxygen atoms in total. The Morgan fingerprint density at radius 1 is 1.15 bits per heavy atom. The summed E-state index contributed by atoms with van der Waals surface area (Å²) in [5, 5.41) is 3.42. The van der Waals surface area contributed by atoms with E-state index in [4.69, 9.17) is 0 Å². The van der Waals surface area contributed by atoms with Gasteiger partial charge >= 0.3 is 0 Å². The smallest absolute Gasteiger partial charge is 0.0236 e. The molecule has 1 aromatic rings. The van der Waals surface area contributed by atoms with Crippen molar-refractivity contribution >= 4 is 0 Å². The zero-order valence-corrected chi connectivity index (χ0v) is 12.8. The Labute approximate surface area is 123 Å². The molecule has 0 amide bonds. The molecule has 0 spiro atoms. The van der Waals surface area contributed by atoms with Gasteiger partial charge in [0.1, 0.15) is 0 Å². The molecule has 0 aromatic heterocycles. The normalized spacial score (nSPS) is 26.6. The zero-order valence-electron chi connectivity index (χ0n) is 12.8. The maximum atomic E-state index is 3.42. The van der Waals surface area contributed by atoms with E-state index >= 15 is 0 Å². The van der Waals surface area contributed by atoms with Crippen LogP contribution in [-0.4, -0.2) is 24.0 Å². The number of nitrogens with zero attached hydrogens (tertiary/aromatic N) is 1. The second-order valence-electron chi connectivity index (χ2n) is 6.47. The van der Waals surface area contributed by atoms with Gasteiger partial charge in [0.15, 0.2) is 0 Å². The monoisotopic (exact) mass is 272 g/mol. The lowest BCUT2D eigenvalue weighted by molar-refractivity contribution is 0.176. The van der Waals surface area contributed by atoms with Crippen LogP contribution in [0.4, 0.5) is 0 Å². The number of likely N-dealkylation sites (tertiary alicyclic amines) is 1. The van der Waals surface area contributed by atoms with Crippen molar-refractivity contribution in [1.29, 1.82) is 0 Å². The third kappa shape index (κ3) is 3.24. The molecule has 2 fully saturated rings. The lowest BCUT2D eigenvalue weighted by Crippen LogP contribution is -2.34. The van der Waals surface area contributed by atoms with E-state index in [2.05, 4.69) is 41.4 Å². The molecule has 20 heavy (non-hydrogen) atoms. The number of benzene rings is 1.